The Bertz CT molecular complexity index is 1070. The molecule has 0 unspecified atom stereocenters. The monoisotopic (exact) mass is 386 g/mol. The Morgan fingerprint density at radius 2 is 1.48 bits per heavy atom. The van der Waals surface area contributed by atoms with Gasteiger partial charge in [0.25, 0.3) is 5.91 Å². The average molecular weight is 386 g/mol. The first-order valence-electron chi connectivity index (χ1n) is 9.38. The Morgan fingerprint density at radius 3 is 2.17 bits per heavy atom. The van der Waals surface area contributed by atoms with Crippen molar-refractivity contribution < 1.29 is 19.1 Å². The van der Waals surface area contributed by atoms with Gasteiger partial charge in [0.05, 0.1) is 11.7 Å². The van der Waals surface area contributed by atoms with E-state index in [0.717, 1.165) is 11.1 Å². The van der Waals surface area contributed by atoms with Crippen molar-refractivity contribution in [3.63, 3.8) is 0 Å². The Hall–Kier alpha value is -3.80. The first kappa shape index (κ1) is 17.3. The zero-order valence-electron chi connectivity index (χ0n) is 15.5. The van der Waals surface area contributed by atoms with Crippen LogP contribution < -0.4 is 19.7 Å². The number of hydrogen-bond acceptors (Lipinski definition) is 4. The average Bonchev–Trinajstić information content (AvgIpc) is 2.75. The largest absolute Gasteiger partial charge is 0.482 e. The second-order valence-electron chi connectivity index (χ2n) is 6.91. The summed E-state index contributed by atoms with van der Waals surface area (Å²) in [7, 11) is 0. The Morgan fingerprint density at radius 1 is 0.897 bits per heavy atom. The van der Waals surface area contributed by atoms with Gasteiger partial charge in [-0.3, -0.25) is 14.5 Å². The van der Waals surface area contributed by atoms with Gasteiger partial charge in [-0.2, -0.15) is 0 Å². The molecule has 0 fully saturated rings. The van der Waals surface area contributed by atoms with E-state index in [4.69, 9.17) is 9.47 Å². The summed E-state index contributed by atoms with van der Waals surface area (Å²) in [6.07, 6.45) is 0. The predicted molar refractivity (Wildman–Crippen MR) is 107 cm³/mol. The van der Waals surface area contributed by atoms with E-state index in [1.807, 2.05) is 60.7 Å². The van der Waals surface area contributed by atoms with Gasteiger partial charge in [-0.25, -0.2) is 0 Å². The molecular formula is C23H18N2O4. The number of ether oxygens (including phenoxy) is 2. The number of amides is 2. The number of rotatable bonds is 3. The van der Waals surface area contributed by atoms with Crippen molar-refractivity contribution in [2.24, 2.45) is 0 Å². The van der Waals surface area contributed by atoms with E-state index in [0.29, 0.717) is 22.9 Å². The lowest BCUT2D eigenvalue weighted by Crippen LogP contribution is -2.46. The minimum absolute atomic E-state index is 0.0762. The first-order valence-corrected chi connectivity index (χ1v) is 9.38. The highest BCUT2D eigenvalue weighted by Crippen LogP contribution is 2.42. The van der Waals surface area contributed by atoms with Gasteiger partial charge in [-0.1, -0.05) is 48.5 Å². The summed E-state index contributed by atoms with van der Waals surface area (Å²) in [6.45, 7) is -0.159. The number of nitrogens with one attached hydrogen (secondary N) is 1. The predicted octanol–water partition coefficient (Wildman–Crippen LogP) is 3.42. The minimum Gasteiger partial charge on any atom is -0.482 e. The van der Waals surface area contributed by atoms with Crippen LogP contribution >= 0.6 is 0 Å². The van der Waals surface area contributed by atoms with Gasteiger partial charge < -0.3 is 14.8 Å². The molecule has 0 spiro atoms. The lowest BCUT2D eigenvalue weighted by Gasteiger charge is -2.31. The van der Waals surface area contributed by atoms with Crippen LogP contribution in [-0.4, -0.2) is 25.0 Å². The molecule has 1 N–H and O–H groups in total. The van der Waals surface area contributed by atoms with Gasteiger partial charge >= 0.3 is 0 Å². The third kappa shape index (κ3) is 3.08. The van der Waals surface area contributed by atoms with E-state index in [9.17, 15) is 9.59 Å². The Balaban J connectivity index is 1.43. The summed E-state index contributed by atoms with van der Waals surface area (Å²) in [4.78, 5) is 26.8. The fourth-order valence-electron chi connectivity index (χ4n) is 3.74. The van der Waals surface area contributed by atoms with Gasteiger partial charge in [-0.05, 0) is 24.3 Å². The number of fused-ring (bicyclic) bond motifs is 3. The van der Waals surface area contributed by atoms with E-state index in [-0.39, 0.29) is 31.0 Å². The number of para-hydroxylation sites is 4. The van der Waals surface area contributed by atoms with Crippen LogP contribution in [0.25, 0.3) is 0 Å². The molecule has 29 heavy (non-hydrogen) atoms. The standard InChI is InChI=1S/C23H18N2O4/c26-21(13-25-17-9-3-6-12-20(17)28-14-22(25)27)24-23-15-7-1-4-10-18(15)29-19-11-5-2-8-16(19)23/h1-12,23H,13-14H2,(H,24,26). The smallest absolute Gasteiger partial charge is 0.265 e. The van der Waals surface area contributed by atoms with Gasteiger partial charge in [0.1, 0.15) is 23.8 Å². The van der Waals surface area contributed by atoms with E-state index in [2.05, 4.69) is 5.32 Å². The maximum Gasteiger partial charge on any atom is 0.265 e. The minimum atomic E-state index is -0.352. The van der Waals surface area contributed by atoms with Crippen molar-refractivity contribution in [3.05, 3.63) is 83.9 Å². The van der Waals surface area contributed by atoms with Crippen LogP contribution in [-0.2, 0) is 9.59 Å². The highest BCUT2D eigenvalue weighted by atomic mass is 16.5. The molecule has 6 nitrogen and oxygen atoms in total. The number of hydrogen-bond donors (Lipinski definition) is 1. The van der Waals surface area contributed by atoms with E-state index >= 15 is 0 Å². The SMILES string of the molecule is O=C(CN1C(=O)COc2ccccc21)NC1c2ccccc2Oc2ccccc21. The fraction of sp³-hybridized carbons (Fsp3) is 0.130. The molecule has 2 amide bonds. The number of carbonyl (C=O) groups excluding carboxylic acids is 2. The number of benzene rings is 3. The van der Waals surface area contributed by atoms with Crippen LogP contribution in [0.4, 0.5) is 5.69 Å². The zero-order valence-corrected chi connectivity index (χ0v) is 15.5. The molecule has 3 aromatic carbocycles. The Labute approximate surface area is 167 Å². The summed E-state index contributed by atoms with van der Waals surface area (Å²) < 4.78 is 11.4. The molecule has 5 rings (SSSR count). The molecule has 0 atom stereocenters. The van der Waals surface area contributed by atoms with Crippen molar-refractivity contribution in [2.45, 2.75) is 6.04 Å². The number of carbonyl (C=O) groups is 2. The second kappa shape index (κ2) is 6.98. The normalized spacial score (nSPS) is 14.8. The second-order valence-corrected chi connectivity index (χ2v) is 6.91. The van der Waals surface area contributed by atoms with Crippen LogP contribution in [0.2, 0.25) is 0 Å². The molecule has 0 aromatic heterocycles. The van der Waals surface area contributed by atoms with Gasteiger partial charge in [0.15, 0.2) is 6.61 Å². The molecule has 144 valence electrons. The zero-order chi connectivity index (χ0) is 19.8. The Kier molecular flexibility index (Phi) is 4.17. The molecule has 2 aliphatic heterocycles. The molecule has 0 radical (unpaired) electrons. The number of anilines is 1. The van der Waals surface area contributed by atoms with Gasteiger partial charge in [0.2, 0.25) is 5.91 Å². The van der Waals surface area contributed by atoms with Crippen LogP contribution in [0.15, 0.2) is 72.8 Å². The highest BCUT2D eigenvalue weighted by molar-refractivity contribution is 6.02. The van der Waals surface area contributed by atoms with Crippen LogP contribution in [0.5, 0.6) is 17.2 Å². The maximum absolute atomic E-state index is 13.0. The van der Waals surface area contributed by atoms with E-state index in [1.54, 1.807) is 12.1 Å². The highest BCUT2D eigenvalue weighted by Gasteiger charge is 2.31. The third-order valence-corrected chi connectivity index (χ3v) is 5.10. The summed E-state index contributed by atoms with van der Waals surface area (Å²) in [5.41, 5.74) is 2.37. The molecular weight excluding hydrogens is 368 g/mol. The van der Waals surface area contributed by atoms with Gasteiger partial charge in [0, 0.05) is 11.1 Å². The molecule has 0 saturated carbocycles. The third-order valence-electron chi connectivity index (χ3n) is 5.10. The van der Waals surface area contributed by atoms with Crippen molar-refractivity contribution in [3.8, 4) is 17.2 Å². The van der Waals surface area contributed by atoms with Crippen molar-refractivity contribution >= 4 is 17.5 Å². The maximum atomic E-state index is 13.0. The quantitative estimate of drug-likeness (QED) is 0.749. The summed E-state index contributed by atoms with van der Waals surface area (Å²) in [5.74, 6) is 1.52. The van der Waals surface area contributed by atoms with Crippen molar-refractivity contribution in [1.29, 1.82) is 0 Å². The molecule has 2 aliphatic rings. The first-order chi connectivity index (χ1) is 14.2. The van der Waals surface area contributed by atoms with E-state index in [1.165, 1.54) is 4.90 Å². The molecule has 0 saturated heterocycles. The molecule has 6 heteroatoms. The summed E-state index contributed by atoms with van der Waals surface area (Å²) in [5, 5.41) is 3.08. The van der Waals surface area contributed by atoms with Gasteiger partial charge in [-0.15, -0.1) is 0 Å². The number of nitrogens with zero attached hydrogens (tertiary/aromatic N) is 1. The molecule has 2 heterocycles. The molecule has 3 aromatic rings. The molecule has 0 aliphatic carbocycles. The summed E-state index contributed by atoms with van der Waals surface area (Å²) >= 11 is 0. The van der Waals surface area contributed by atoms with Crippen LogP contribution in [0.1, 0.15) is 17.2 Å². The van der Waals surface area contributed by atoms with Crippen molar-refractivity contribution in [2.75, 3.05) is 18.1 Å². The van der Waals surface area contributed by atoms with E-state index < -0.39 is 0 Å². The summed E-state index contributed by atoms with van der Waals surface area (Å²) in [6, 6.07) is 22.1. The fourth-order valence-corrected chi connectivity index (χ4v) is 3.74. The van der Waals surface area contributed by atoms with Crippen LogP contribution in [0.3, 0.4) is 0 Å². The van der Waals surface area contributed by atoms with Crippen molar-refractivity contribution in [1.82, 2.24) is 5.32 Å². The topological polar surface area (TPSA) is 67.9 Å². The molecule has 0 bridgehead atoms. The lowest BCUT2D eigenvalue weighted by molar-refractivity contribution is -0.125. The lowest BCUT2D eigenvalue weighted by atomic mass is 9.94. The van der Waals surface area contributed by atoms with Crippen LogP contribution in [0, 0.1) is 0 Å².